The molecule has 2 rings (SSSR count). The van der Waals surface area contributed by atoms with Crippen LogP contribution in [0.15, 0.2) is 17.4 Å². The van der Waals surface area contributed by atoms with Crippen LogP contribution in [0.2, 0.25) is 0 Å². The lowest BCUT2D eigenvalue weighted by Crippen LogP contribution is -2.25. The number of nitrogens with zero attached hydrogens (tertiary/aromatic N) is 5. The van der Waals surface area contributed by atoms with Crippen LogP contribution < -0.4 is 5.69 Å². The van der Waals surface area contributed by atoms with Crippen LogP contribution in [-0.2, 0) is 7.05 Å². The standard InChI is InChI=1S/C5H5N5O/c1-9-3-7-4-6-2-8-10(4)5(9)11/h2-3H,1H3. The Bertz CT molecular complexity index is 441. The van der Waals surface area contributed by atoms with Crippen molar-refractivity contribution < 1.29 is 0 Å². The number of aromatic nitrogens is 5. The van der Waals surface area contributed by atoms with Crippen molar-refractivity contribution in [2.45, 2.75) is 0 Å². The number of aryl methyl sites for hydroxylation is 1. The van der Waals surface area contributed by atoms with Crippen molar-refractivity contribution in [3.63, 3.8) is 0 Å². The average molecular weight is 151 g/mol. The summed E-state index contributed by atoms with van der Waals surface area (Å²) in [6.07, 6.45) is 2.70. The lowest BCUT2D eigenvalue weighted by Gasteiger charge is -1.93. The van der Waals surface area contributed by atoms with Gasteiger partial charge in [-0.25, -0.2) is 9.78 Å². The first-order valence-corrected chi connectivity index (χ1v) is 3.00. The van der Waals surface area contributed by atoms with Crippen LogP contribution in [-0.4, -0.2) is 24.1 Å². The average Bonchev–Trinajstić information content (AvgIpc) is 2.45. The summed E-state index contributed by atoms with van der Waals surface area (Å²) in [5, 5.41) is 3.69. The van der Waals surface area contributed by atoms with Crippen LogP contribution in [0.5, 0.6) is 0 Å². The van der Waals surface area contributed by atoms with Crippen LogP contribution in [0.25, 0.3) is 5.78 Å². The normalized spacial score (nSPS) is 10.6. The summed E-state index contributed by atoms with van der Waals surface area (Å²) in [4.78, 5) is 18.8. The van der Waals surface area contributed by atoms with E-state index in [1.54, 1.807) is 7.05 Å². The van der Waals surface area contributed by atoms with Gasteiger partial charge in [0, 0.05) is 7.05 Å². The molecule has 6 heteroatoms. The third-order valence-corrected chi connectivity index (χ3v) is 1.36. The highest BCUT2D eigenvalue weighted by Crippen LogP contribution is 1.83. The third kappa shape index (κ3) is 0.721. The molecule has 6 nitrogen and oxygen atoms in total. The van der Waals surface area contributed by atoms with Gasteiger partial charge in [-0.15, -0.1) is 9.61 Å². The summed E-state index contributed by atoms with van der Waals surface area (Å²) in [5.41, 5.74) is -0.243. The lowest BCUT2D eigenvalue weighted by atomic mass is 10.9. The second-order valence-corrected chi connectivity index (χ2v) is 2.11. The molecule has 0 fully saturated rings. The van der Waals surface area contributed by atoms with Crippen LogP contribution in [0, 0.1) is 0 Å². The van der Waals surface area contributed by atoms with Gasteiger partial charge in [-0.1, -0.05) is 0 Å². The SMILES string of the molecule is Cn1cnc2ncnn2c1=O. The van der Waals surface area contributed by atoms with E-state index in [4.69, 9.17) is 0 Å². The lowest BCUT2D eigenvalue weighted by molar-refractivity contribution is 0.715. The van der Waals surface area contributed by atoms with E-state index in [2.05, 4.69) is 15.1 Å². The molecule has 0 radical (unpaired) electrons. The van der Waals surface area contributed by atoms with E-state index in [9.17, 15) is 4.79 Å². The molecule has 0 aliphatic carbocycles. The van der Waals surface area contributed by atoms with Crippen LogP contribution in [0.1, 0.15) is 0 Å². The second-order valence-electron chi connectivity index (χ2n) is 2.11. The molecular weight excluding hydrogens is 146 g/mol. The van der Waals surface area contributed by atoms with Crippen molar-refractivity contribution in [1.82, 2.24) is 24.1 Å². The van der Waals surface area contributed by atoms with Crippen molar-refractivity contribution in [3.8, 4) is 0 Å². The van der Waals surface area contributed by atoms with Gasteiger partial charge < -0.3 is 0 Å². The van der Waals surface area contributed by atoms with Crippen molar-refractivity contribution >= 4 is 5.78 Å². The van der Waals surface area contributed by atoms with Gasteiger partial charge >= 0.3 is 5.69 Å². The minimum atomic E-state index is -0.243. The first-order chi connectivity index (χ1) is 5.29. The van der Waals surface area contributed by atoms with E-state index in [1.807, 2.05) is 0 Å². The predicted octanol–water partition coefficient (Wildman–Crippen LogP) is -1.18. The van der Waals surface area contributed by atoms with Gasteiger partial charge in [0.05, 0.1) is 0 Å². The molecule has 2 aromatic rings. The molecule has 2 aromatic heterocycles. The van der Waals surface area contributed by atoms with Gasteiger partial charge in [0.15, 0.2) is 0 Å². The fraction of sp³-hybridized carbons (Fsp3) is 0.200. The summed E-state index contributed by atoms with van der Waals surface area (Å²) in [6, 6.07) is 0. The Balaban J connectivity index is 3.05. The van der Waals surface area contributed by atoms with Crippen LogP contribution >= 0.6 is 0 Å². The Morgan fingerprint density at radius 2 is 2.27 bits per heavy atom. The first kappa shape index (κ1) is 6.02. The molecule has 0 unspecified atom stereocenters. The Kier molecular flexibility index (Phi) is 1.03. The fourth-order valence-corrected chi connectivity index (χ4v) is 0.795. The Morgan fingerprint density at radius 1 is 1.45 bits per heavy atom. The first-order valence-electron chi connectivity index (χ1n) is 3.00. The van der Waals surface area contributed by atoms with Gasteiger partial charge in [0.25, 0.3) is 5.78 Å². The topological polar surface area (TPSA) is 65.1 Å². The van der Waals surface area contributed by atoms with Crippen molar-refractivity contribution in [1.29, 1.82) is 0 Å². The molecule has 2 heterocycles. The summed E-state index contributed by atoms with van der Waals surface area (Å²) in [6.45, 7) is 0. The van der Waals surface area contributed by atoms with E-state index < -0.39 is 0 Å². The van der Waals surface area contributed by atoms with Crippen molar-refractivity contribution in [3.05, 3.63) is 23.1 Å². The zero-order valence-electron chi connectivity index (χ0n) is 5.80. The minimum Gasteiger partial charge on any atom is -0.286 e. The van der Waals surface area contributed by atoms with Crippen molar-refractivity contribution in [2.24, 2.45) is 7.05 Å². The molecule has 0 spiro atoms. The van der Waals surface area contributed by atoms with Gasteiger partial charge in [-0.3, -0.25) is 4.57 Å². The minimum absolute atomic E-state index is 0.243. The van der Waals surface area contributed by atoms with Gasteiger partial charge in [-0.2, -0.15) is 4.98 Å². The highest BCUT2D eigenvalue weighted by Gasteiger charge is 1.99. The molecular formula is C5H5N5O. The Morgan fingerprint density at radius 3 is 3.09 bits per heavy atom. The molecule has 0 N–H and O–H groups in total. The zero-order chi connectivity index (χ0) is 7.84. The highest BCUT2D eigenvalue weighted by atomic mass is 16.2. The maximum atomic E-state index is 11.2. The second kappa shape index (κ2) is 1.88. The summed E-state index contributed by atoms with van der Waals surface area (Å²) in [5.74, 6) is 0.327. The summed E-state index contributed by atoms with van der Waals surface area (Å²) >= 11 is 0. The molecule has 0 saturated carbocycles. The molecule has 0 saturated heterocycles. The fourth-order valence-electron chi connectivity index (χ4n) is 0.795. The molecule has 56 valence electrons. The molecule has 0 aliphatic heterocycles. The maximum absolute atomic E-state index is 11.2. The van der Waals surface area contributed by atoms with Gasteiger partial charge in [-0.05, 0) is 0 Å². The largest absolute Gasteiger partial charge is 0.352 e. The molecule has 0 amide bonds. The summed E-state index contributed by atoms with van der Waals surface area (Å²) in [7, 11) is 1.61. The molecule has 11 heavy (non-hydrogen) atoms. The Hall–Kier alpha value is -1.72. The third-order valence-electron chi connectivity index (χ3n) is 1.36. The highest BCUT2D eigenvalue weighted by molar-refractivity contribution is 5.20. The predicted molar refractivity (Wildman–Crippen MR) is 36.0 cm³/mol. The maximum Gasteiger partial charge on any atom is 0.352 e. The van der Waals surface area contributed by atoms with E-state index >= 15 is 0 Å². The van der Waals surface area contributed by atoms with E-state index in [-0.39, 0.29) is 5.69 Å². The van der Waals surface area contributed by atoms with Crippen LogP contribution in [0.3, 0.4) is 0 Å². The summed E-state index contributed by atoms with van der Waals surface area (Å²) < 4.78 is 2.47. The number of hydrogen-bond donors (Lipinski definition) is 0. The Labute approximate surface area is 61.1 Å². The van der Waals surface area contributed by atoms with Crippen LogP contribution in [0.4, 0.5) is 0 Å². The number of rotatable bonds is 0. The number of fused-ring (bicyclic) bond motifs is 1. The van der Waals surface area contributed by atoms with E-state index in [0.717, 1.165) is 4.52 Å². The van der Waals surface area contributed by atoms with Crippen molar-refractivity contribution in [2.75, 3.05) is 0 Å². The van der Waals surface area contributed by atoms with Gasteiger partial charge in [0.2, 0.25) is 0 Å². The molecule has 0 atom stereocenters. The smallest absolute Gasteiger partial charge is 0.286 e. The van der Waals surface area contributed by atoms with E-state index in [1.165, 1.54) is 17.2 Å². The zero-order valence-corrected chi connectivity index (χ0v) is 5.80. The van der Waals surface area contributed by atoms with E-state index in [0.29, 0.717) is 5.78 Å². The molecule has 0 bridgehead atoms. The quantitative estimate of drug-likeness (QED) is 0.475. The number of hydrogen-bond acceptors (Lipinski definition) is 4. The molecule has 0 aromatic carbocycles. The monoisotopic (exact) mass is 151 g/mol. The molecule has 0 aliphatic rings. The van der Waals surface area contributed by atoms with Gasteiger partial charge in [0.1, 0.15) is 12.7 Å².